The summed E-state index contributed by atoms with van der Waals surface area (Å²) in [6.07, 6.45) is -5.90. The van der Waals surface area contributed by atoms with Crippen LogP contribution in [0, 0.1) is 11.3 Å². The van der Waals surface area contributed by atoms with Crippen molar-refractivity contribution in [2.24, 2.45) is 0 Å². The van der Waals surface area contributed by atoms with Gasteiger partial charge in [0.25, 0.3) is 5.56 Å². The molecule has 0 unspecified atom stereocenters. The molecule has 32 heavy (non-hydrogen) atoms. The number of benzene rings is 2. The van der Waals surface area contributed by atoms with Gasteiger partial charge in [-0.05, 0) is 30.3 Å². The Morgan fingerprint density at radius 1 is 1.19 bits per heavy atom. The number of alkyl halides is 3. The number of hydrogen-bond donors (Lipinski definition) is 0. The van der Waals surface area contributed by atoms with Crippen molar-refractivity contribution >= 4 is 10.9 Å². The minimum Gasteiger partial charge on any atom is -0.495 e. The maximum atomic E-state index is 13.1. The van der Waals surface area contributed by atoms with E-state index in [0.29, 0.717) is 22.6 Å². The maximum Gasteiger partial charge on any atom is 0.396 e. The molecule has 0 atom stereocenters. The number of ether oxygens (including phenoxy) is 1. The normalized spacial score (nSPS) is 11.5. The van der Waals surface area contributed by atoms with Crippen LogP contribution in [0.5, 0.6) is 5.75 Å². The Morgan fingerprint density at radius 3 is 2.69 bits per heavy atom. The zero-order valence-electron chi connectivity index (χ0n) is 16.7. The zero-order valence-corrected chi connectivity index (χ0v) is 16.7. The van der Waals surface area contributed by atoms with Crippen LogP contribution in [0.2, 0.25) is 0 Å². The van der Waals surface area contributed by atoms with Crippen LogP contribution in [-0.4, -0.2) is 28.0 Å². The van der Waals surface area contributed by atoms with Crippen molar-refractivity contribution in [3.8, 4) is 23.1 Å². The molecule has 0 amide bonds. The Balaban J connectivity index is 1.74. The van der Waals surface area contributed by atoms with Gasteiger partial charge in [-0.15, -0.1) is 0 Å². The number of methoxy groups -OCH3 is 1. The van der Waals surface area contributed by atoms with Crippen LogP contribution in [-0.2, 0) is 13.0 Å². The molecule has 2 heterocycles. The Labute approximate surface area is 179 Å². The molecule has 10 heteroatoms. The highest BCUT2D eigenvalue weighted by Crippen LogP contribution is 2.28. The average molecular weight is 440 g/mol. The van der Waals surface area contributed by atoms with Crippen molar-refractivity contribution in [1.29, 1.82) is 5.26 Å². The maximum absolute atomic E-state index is 13.1. The molecule has 2 aromatic heterocycles. The summed E-state index contributed by atoms with van der Waals surface area (Å²) in [6, 6.07) is 14.5. The van der Waals surface area contributed by atoms with Crippen LogP contribution in [0.4, 0.5) is 13.2 Å². The van der Waals surface area contributed by atoms with Crippen LogP contribution in [0.15, 0.2) is 57.8 Å². The first kappa shape index (κ1) is 21.1. The van der Waals surface area contributed by atoms with E-state index in [-0.39, 0.29) is 23.1 Å². The first-order chi connectivity index (χ1) is 15.3. The summed E-state index contributed by atoms with van der Waals surface area (Å²) in [4.78, 5) is 17.0. The zero-order chi connectivity index (χ0) is 22.9. The van der Waals surface area contributed by atoms with E-state index in [9.17, 15) is 18.0 Å². The van der Waals surface area contributed by atoms with Crippen LogP contribution >= 0.6 is 0 Å². The quantitative estimate of drug-likeness (QED) is 0.464. The fraction of sp³-hybridized carbons (Fsp3) is 0.182. The second-order valence-electron chi connectivity index (χ2n) is 6.94. The van der Waals surface area contributed by atoms with E-state index in [1.54, 1.807) is 30.3 Å². The Kier molecular flexibility index (Phi) is 5.40. The minimum absolute atomic E-state index is 0.193. The van der Waals surface area contributed by atoms with Crippen molar-refractivity contribution in [3.05, 3.63) is 76.0 Å². The van der Waals surface area contributed by atoms with Crippen molar-refractivity contribution in [1.82, 2.24) is 14.7 Å². The smallest absolute Gasteiger partial charge is 0.396 e. The van der Waals surface area contributed by atoms with Crippen molar-refractivity contribution in [2.75, 3.05) is 7.11 Å². The summed E-state index contributed by atoms with van der Waals surface area (Å²) in [5.74, 6) is 0.234. The number of nitriles is 1. The number of fused-ring (bicyclic) bond motifs is 1. The lowest BCUT2D eigenvalue weighted by Crippen LogP contribution is -2.29. The molecule has 0 aliphatic rings. The molecule has 0 saturated carbocycles. The number of rotatable bonds is 5. The van der Waals surface area contributed by atoms with E-state index in [4.69, 9.17) is 14.5 Å². The molecular formula is C22H15F3N4O3. The largest absolute Gasteiger partial charge is 0.495 e. The van der Waals surface area contributed by atoms with Crippen molar-refractivity contribution in [2.45, 2.75) is 19.1 Å². The monoisotopic (exact) mass is 440 g/mol. The number of para-hydroxylation sites is 1. The van der Waals surface area contributed by atoms with E-state index in [2.05, 4.69) is 10.1 Å². The third kappa shape index (κ3) is 4.18. The highest BCUT2D eigenvalue weighted by Gasteiger charge is 2.31. The highest BCUT2D eigenvalue weighted by atomic mass is 19.4. The van der Waals surface area contributed by atoms with Gasteiger partial charge in [-0.1, -0.05) is 17.3 Å². The molecule has 0 aliphatic carbocycles. The summed E-state index contributed by atoms with van der Waals surface area (Å²) >= 11 is 0. The lowest BCUT2D eigenvalue weighted by molar-refractivity contribution is -0.129. The van der Waals surface area contributed by atoms with Gasteiger partial charge in [0.15, 0.2) is 5.76 Å². The van der Waals surface area contributed by atoms with E-state index in [0.717, 1.165) is 4.57 Å². The Hall–Kier alpha value is -4.13. The van der Waals surface area contributed by atoms with E-state index in [1.165, 1.54) is 25.3 Å². The van der Waals surface area contributed by atoms with Crippen LogP contribution in [0.25, 0.3) is 22.2 Å². The summed E-state index contributed by atoms with van der Waals surface area (Å²) < 4.78 is 50.8. The second kappa shape index (κ2) is 8.19. The molecule has 4 aromatic rings. The van der Waals surface area contributed by atoms with Gasteiger partial charge >= 0.3 is 6.18 Å². The van der Waals surface area contributed by atoms with Gasteiger partial charge in [0.2, 0.25) is 0 Å². The third-order valence-corrected chi connectivity index (χ3v) is 4.78. The molecule has 0 aliphatic heterocycles. The molecule has 7 nitrogen and oxygen atoms in total. The summed E-state index contributed by atoms with van der Waals surface area (Å²) in [6.45, 7) is -0.251. The van der Waals surface area contributed by atoms with E-state index < -0.39 is 24.0 Å². The molecule has 0 spiro atoms. The fourth-order valence-electron chi connectivity index (χ4n) is 3.31. The van der Waals surface area contributed by atoms with Gasteiger partial charge in [0.1, 0.15) is 29.8 Å². The minimum atomic E-state index is -4.54. The van der Waals surface area contributed by atoms with Crippen molar-refractivity contribution < 1.29 is 22.4 Å². The van der Waals surface area contributed by atoms with E-state index >= 15 is 0 Å². The van der Waals surface area contributed by atoms with Gasteiger partial charge in [0, 0.05) is 11.6 Å². The molecule has 0 radical (unpaired) electrons. The molecule has 0 N–H and O–H groups in total. The Bertz CT molecular complexity index is 1400. The standard InChI is InChI=1S/C22H15F3N4O3/c1-31-18-8-13(6-7-14(18)11-26)19-9-15(28-32-19)12-29-20(10-22(23,24)25)27-17-5-3-2-4-16(17)21(29)30/h2-9H,10,12H2,1H3. The molecule has 4 rings (SSSR count). The molecule has 2 aromatic carbocycles. The first-order valence-electron chi connectivity index (χ1n) is 9.38. The lowest BCUT2D eigenvalue weighted by Gasteiger charge is -2.13. The molecule has 162 valence electrons. The van der Waals surface area contributed by atoms with Crippen LogP contribution in [0.1, 0.15) is 17.1 Å². The lowest BCUT2D eigenvalue weighted by atomic mass is 10.1. The van der Waals surface area contributed by atoms with Gasteiger partial charge in [-0.25, -0.2) is 4.98 Å². The molecule has 0 saturated heterocycles. The Morgan fingerprint density at radius 2 is 1.97 bits per heavy atom. The van der Waals surface area contributed by atoms with Gasteiger partial charge in [-0.3, -0.25) is 9.36 Å². The summed E-state index contributed by atoms with van der Waals surface area (Å²) in [5.41, 5.74) is 0.726. The summed E-state index contributed by atoms with van der Waals surface area (Å²) in [7, 11) is 1.42. The molecular weight excluding hydrogens is 425 g/mol. The first-order valence-corrected chi connectivity index (χ1v) is 9.38. The second-order valence-corrected chi connectivity index (χ2v) is 6.94. The van der Waals surface area contributed by atoms with E-state index in [1.807, 2.05) is 6.07 Å². The average Bonchev–Trinajstić information content (AvgIpc) is 3.23. The fourth-order valence-corrected chi connectivity index (χ4v) is 3.31. The number of aromatic nitrogens is 3. The number of hydrogen-bond acceptors (Lipinski definition) is 6. The van der Waals surface area contributed by atoms with Crippen molar-refractivity contribution in [3.63, 3.8) is 0 Å². The van der Waals surface area contributed by atoms with Gasteiger partial charge < -0.3 is 9.26 Å². The topological polar surface area (TPSA) is 93.9 Å². The summed E-state index contributed by atoms with van der Waals surface area (Å²) in [5, 5.41) is 13.2. The van der Waals surface area contributed by atoms with Crippen LogP contribution in [0.3, 0.4) is 0 Å². The SMILES string of the molecule is COc1cc(-c2cc(Cn3c(CC(F)(F)F)nc4ccccc4c3=O)no2)ccc1C#N. The highest BCUT2D eigenvalue weighted by molar-refractivity contribution is 5.77. The van der Waals surface area contributed by atoms with Gasteiger partial charge in [0.05, 0.1) is 30.1 Å². The predicted molar refractivity (Wildman–Crippen MR) is 108 cm³/mol. The predicted octanol–water partition coefficient (Wildman–Crippen LogP) is 4.08. The molecule has 0 bridgehead atoms. The third-order valence-electron chi connectivity index (χ3n) is 4.78. The van der Waals surface area contributed by atoms with Gasteiger partial charge in [-0.2, -0.15) is 18.4 Å². The number of halogens is 3. The number of nitrogens with zero attached hydrogens (tertiary/aromatic N) is 4. The van der Waals surface area contributed by atoms with Crippen LogP contribution < -0.4 is 10.3 Å². The molecule has 0 fully saturated rings.